The molecule has 0 aromatic heterocycles. The van der Waals surface area contributed by atoms with Crippen LogP contribution in [0, 0.1) is 0 Å². The minimum Gasteiger partial charge on any atom is -0.472 e. The Morgan fingerprint density at radius 3 is 2.76 bits per heavy atom. The molecule has 1 atom stereocenters. The molecule has 0 saturated carbocycles. The monoisotopic (exact) mass is 255 g/mol. The van der Waals surface area contributed by atoms with Gasteiger partial charge < -0.3 is 4.74 Å². The van der Waals surface area contributed by atoms with Crippen molar-refractivity contribution in [3.05, 3.63) is 35.9 Å². The first kappa shape index (κ1) is 12.1. The Balaban J connectivity index is 2.10. The molecule has 0 amide bonds. The standard InChI is InChI=1S/C11H13NO4S/c1-2-17(13,14)16-10-8-15-11(12-10)9-6-4-3-5-7-9/h3-7,10H,2,8H2,1H3. The summed E-state index contributed by atoms with van der Waals surface area (Å²) in [5, 5.41) is 0. The van der Waals surface area contributed by atoms with Crippen LogP contribution in [-0.2, 0) is 19.0 Å². The summed E-state index contributed by atoms with van der Waals surface area (Å²) in [5.41, 5.74) is 0.812. The highest BCUT2D eigenvalue weighted by atomic mass is 32.2. The molecule has 1 aromatic carbocycles. The molecule has 0 aliphatic carbocycles. The largest absolute Gasteiger partial charge is 0.472 e. The lowest BCUT2D eigenvalue weighted by atomic mass is 10.2. The Bertz CT molecular complexity index is 510. The van der Waals surface area contributed by atoms with Crippen LogP contribution < -0.4 is 0 Å². The van der Waals surface area contributed by atoms with Crippen LogP contribution in [0.3, 0.4) is 0 Å². The second-order valence-electron chi connectivity index (χ2n) is 3.51. The van der Waals surface area contributed by atoms with Gasteiger partial charge in [0.05, 0.1) is 5.75 Å². The van der Waals surface area contributed by atoms with E-state index in [1.165, 1.54) is 6.92 Å². The molecule has 1 aliphatic rings. The molecule has 6 heteroatoms. The molecule has 17 heavy (non-hydrogen) atoms. The number of nitrogens with zero attached hydrogens (tertiary/aromatic N) is 1. The lowest BCUT2D eigenvalue weighted by Crippen LogP contribution is -2.18. The Labute approximate surface area is 100 Å². The van der Waals surface area contributed by atoms with Gasteiger partial charge in [-0.05, 0) is 19.1 Å². The molecule has 0 radical (unpaired) electrons. The van der Waals surface area contributed by atoms with Gasteiger partial charge in [-0.3, -0.25) is 0 Å². The average molecular weight is 255 g/mol. The van der Waals surface area contributed by atoms with Crippen LogP contribution >= 0.6 is 0 Å². The van der Waals surface area contributed by atoms with Gasteiger partial charge >= 0.3 is 0 Å². The fourth-order valence-corrected chi connectivity index (χ4v) is 1.95. The van der Waals surface area contributed by atoms with E-state index in [4.69, 9.17) is 8.92 Å². The van der Waals surface area contributed by atoms with E-state index in [0.717, 1.165) is 5.56 Å². The maximum absolute atomic E-state index is 11.3. The van der Waals surface area contributed by atoms with E-state index in [-0.39, 0.29) is 12.4 Å². The zero-order valence-electron chi connectivity index (χ0n) is 9.37. The van der Waals surface area contributed by atoms with Crippen molar-refractivity contribution in [2.75, 3.05) is 12.4 Å². The van der Waals surface area contributed by atoms with E-state index in [9.17, 15) is 8.42 Å². The lowest BCUT2D eigenvalue weighted by Gasteiger charge is -2.05. The van der Waals surface area contributed by atoms with E-state index in [0.29, 0.717) is 5.90 Å². The molecule has 1 aromatic rings. The smallest absolute Gasteiger partial charge is 0.269 e. The molecule has 0 N–H and O–H groups in total. The van der Waals surface area contributed by atoms with Gasteiger partial charge in [0.1, 0.15) is 6.61 Å². The maximum Gasteiger partial charge on any atom is 0.269 e. The number of aliphatic imine (C=N–C) groups is 1. The average Bonchev–Trinajstić information content (AvgIpc) is 2.78. The quantitative estimate of drug-likeness (QED) is 0.757. The highest BCUT2D eigenvalue weighted by Crippen LogP contribution is 2.14. The van der Waals surface area contributed by atoms with E-state index in [2.05, 4.69) is 4.99 Å². The summed E-state index contributed by atoms with van der Waals surface area (Å²) in [6.07, 6.45) is -0.768. The molecule has 1 aliphatic heterocycles. The first-order valence-corrected chi connectivity index (χ1v) is 6.85. The zero-order chi connectivity index (χ0) is 12.3. The summed E-state index contributed by atoms with van der Waals surface area (Å²) in [5.74, 6) is 0.349. The first-order chi connectivity index (χ1) is 8.11. The maximum atomic E-state index is 11.3. The second-order valence-corrected chi connectivity index (χ2v) is 5.39. The summed E-state index contributed by atoms with van der Waals surface area (Å²) in [7, 11) is -3.50. The van der Waals surface area contributed by atoms with E-state index in [1.807, 2.05) is 30.3 Å². The van der Waals surface area contributed by atoms with Gasteiger partial charge in [0.25, 0.3) is 10.1 Å². The molecule has 0 spiro atoms. The van der Waals surface area contributed by atoms with Gasteiger partial charge in [-0.15, -0.1) is 0 Å². The van der Waals surface area contributed by atoms with Crippen molar-refractivity contribution in [2.24, 2.45) is 4.99 Å². The molecule has 92 valence electrons. The summed E-state index contributed by atoms with van der Waals surface area (Å²) in [6, 6.07) is 9.29. The highest BCUT2D eigenvalue weighted by molar-refractivity contribution is 7.86. The van der Waals surface area contributed by atoms with Crippen molar-refractivity contribution >= 4 is 16.0 Å². The van der Waals surface area contributed by atoms with E-state index >= 15 is 0 Å². The van der Waals surface area contributed by atoms with Crippen LogP contribution in [0.25, 0.3) is 0 Å². The molecule has 0 fully saturated rings. The number of benzene rings is 1. The van der Waals surface area contributed by atoms with Gasteiger partial charge in [0, 0.05) is 5.56 Å². The minimum atomic E-state index is -3.50. The number of rotatable bonds is 4. The van der Waals surface area contributed by atoms with Gasteiger partial charge in [0.15, 0.2) is 0 Å². The fraction of sp³-hybridized carbons (Fsp3) is 0.364. The topological polar surface area (TPSA) is 65.0 Å². The molecule has 1 unspecified atom stereocenters. The lowest BCUT2D eigenvalue weighted by molar-refractivity contribution is 0.167. The van der Waals surface area contributed by atoms with Gasteiger partial charge in [-0.25, -0.2) is 9.18 Å². The van der Waals surface area contributed by atoms with Crippen LogP contribution in [0.5, 0.6) is 0 Å². The highest BCUT2D eigenvalue weighted by Gasteiger charge is 2.25. The second kappa shape index (κ2) is 4.85. The molecular formula is C11H13NO4S. The number of hydrogen-bond donors (Lipinski definition) is 0. The van der Waals surface area contributed by atoms with Crippen LogP contribution in [0.1, 0.15) is 12.5 Å². The molecular weight excluding hydrogens is 242 g/mol. The predicted octanol–water partition coefficient (Wildman–Crippen LogP) is 1.16. The van der Waals surface area contributed by atoms with Crippen LogP contribution in [-0.4, -0.2) is 32.9 Å². The summed E-state index contributed by atoms with van der Waals surface area (Å²) in [4.78, 5) is 4.08. The Hall–Kier alpha value is -1.40. The van der Waals surface area contributed by atoms with Gasteiger partial charge in [0.2, 0.25) is 12.1 Å². The summed E-state index contributed by atoms with van der Waals surface area (Å²) < 4.78 is 32.7. The van der Waals surface area contributed by atoms with Crippen molar-refractivity contribution in [1.82, 2.24) is 0 Å². The first-order valence-electron chi connectivity index (χ1n) is 5.28. The summed E-state index contributed by atoms with van der Waals surface area (Å²) in [6.45, 7) is 1.65. The van der Waals surface area contributed by atoms with Crippen LogP contribution in [0.2, 0.25) is 0 Å². The van der Waals surface area contributed by atoms with Crippen LogP contribution in [0.4, 0.5) is 0 Å². The van der Waals surface area contributed by atoms with Crippen molar-refractivity contribution in [3.8, 4) is 0 Å². The third kappa shape index (κ3) is 3.04. The zero-order valence-corrected chi connectivity index (χ0v) is 10.2. The molecule has 1 heterocycles. The fourth-order valence-electron chi connectivity index (χ4n) is 1.38. The Kier molecular flexibility index (Phi) is 3.44. The van der Waals surface area contributed by atoms with Crippen molar-refractivity contribution in [2.45, 2.75) is 13.2 Å². The van der Waals surface area contributed by atoms with Crippen molar-refractivity contribution in [1.29, 1.82) is 0 Å². The van der Waals surface area contributed by atoms with E-state index < -0.39 is 16.3 Å². The minimum absolute atomic E-state index is 0.0698. The van der Waals surface area contributed by atoms with E-state index in [1.54, 1.807) is 0 Å². The molecule has 0 saturated heterocycles. The normalized spacial score (nSPS) is 19.8. The molecule has 5 nitrogen and oxygen atoms in total. The van der Waals surface area contributed by atoms with Crippen molar-refractivity contribution < 1.29 is 17.3 Å². The molecule has 2 rings (SSSR count). The third-order valence-electron chi connectivity index (χ3n) is 2.26. The molecule has 0 bridgehead atoms. The number of ether oxygens (including phenoxy) is 1. The van der Waals surface area contributed by atoms with Crippen LogP contribution in [0.15, 0.2) is 35.3 Å². The Morgan fingerprint density at radius 1 is 1.41 bits per heavy atom. The summed E-state index contributed by atoms with van der Waals surface area (Å²) >= 11 is 0. The van der Waals surface area contributed by atoms with Gasteiger partial charge in [-0.2, -0.15) is 8.42 Å². The number of hydrogen-bond acceptors (Lipinski definition) is 5. The van der Waals surface area contributed by atoms with Crippen molar-refractivity contribution in [3.63, 3.8) is 0 Å². The predicted molar refractivity (Wildman–Crippen MR) is 63.3 cm³/mol. The Morgan fingerprint density at radius 2 is 2.12 bits per heavy atom. The third-order valence-corrected chi connectivity index (χ3v) is 3.48. The van der Waals surface area contributed by atoms with Gasteiger partial charge in [-0.1, -0.05) is 18.2 Å². The SMILES string of the molecule is CCS(=O)(=O)OC1COC(c2ccccc2)=N1.